The van der Waals surface area contributed by atoms with Crippen molar-refractivity contribution in [2.45, 2.75) is 20.4 Å². The van der Waals surface area contributed by atoms with E-state index in [2.05, 4.69) is 27.2 Å². The minimum absolute atomic E-state index is 0.00331. The molecule has 1 heterocycles. The Morgan fingerprint density at radius 2 is 2.00 bits per heavy atom. The Hall–Kier alpha value is -1.34. The third-order valence-electron chi connectivity index (χ3n) is 3.59. The van der Waals surface area contributed by atoms with Crippen LogP contribution in [0.3, 0.4) is 0 Å². The number of carbonyl (C=O) groups is 1. The zero-order valence-corrected chi connectivity index (χ0v) is 15.2. The van der Waals surface area contributed by atoms with Crippen LogP contribution >= 0.6 is 22.6 Å². The zero-order valence-electron chi connectivity index (χ0n) is 13.1. The number of hydrogen-bond donors (Lipinski definition) is 0. The van der Waals surface area contributed by atoms with Gasteiger partial charge in [0.2, 0.25) is 5.78 Å². The van der Waals surface area contributed by atoms with Crippen LogP contribution in [0.15, 0.2) is 30.3 Å². The first kappa shape index (κ1) is 17.0. The van der Waals surface area contributed by atoms with Crippen LogP contribution in [0.2, 0.25) is 0 Å². The number of aryl methyl sites for hydroxylation is 1. The summed E-state index contributed by atoms with van der Waals surface area (Å²) in [7, 11) is 1.68. The highest BCUT2D eigenvalue weighted by molar-refractivity contribution is 14.1. The molecule has 0 aliphatic heterocycles. The lowest BCUT2D eigenvalue weighted by atomic mass is 10.1. The van der Waals surface area contributed by atoms with Gasteiger partial charge in [0.25, 0.3) is 0 Å². The molecule has 0 radical (unpaired) electrons. The summed E-state index contributed by atoms with van der Waals surface area (Å²) in [5, 5.41) is 0. The molecular weight excluding hydrogens is 393 g/mol. The summed E-state index contributed by atoms with van der Waals surface area (Å²) in [5.74, 6) is 0.737. The van der Waals surface area contributed by atoms with Gasteiger partial charge in [0.05, 0.1) is 10.2 Å². The third kappa shape index (κ3) is 3.89. The molecule has 0 bridgehead atoms. The largest absolute Gasteiger partial charge is 0.484 e. The number of ketones is 1. The summed E-state index contributed by atoms with van der Waals surface area (Å²) in [6.45, 7) is 5.39. The number of methoxy groups -OCH3 is 1. The highest BCUT2D eigenvalue weighted by Crippen LogP contribution is 2.21. The van der Waals surface area contributed by atoms with Crippen molar-refractivity contribution in [3.05, 3.63) is 50.9 Å². The van der Waals surface area contributed by atoms with Crippen molar-refractivity contribution in [3.8, 4) is 5.75 Å². The van der Waals surface area contributed by atoms with Crippen molar-refractivity contribution in [1.82, 2.24) is 4.57 Å². The molecule has 0 spiro atoms. The van der Waals surface area contributed by atoms with Crippen LogP contribution in [0.5, 0.6) is 5.75 Å². The topological polar surface area (TPSA) is 40.5 Å². The first-order valence-electron chi connectivity index (χ1n) is 7.10. The fraction of sp³-hybridized carbons (Fsp3) is 0.353. The Labute approximate surface area is 144 Å². The Bertz CT molecular complexity index is 664. The van der Waals surface area contributed by atoms with Gasteiger partial charge in [-0.3, -0.25) is 4.79 Å². The molecule has 0 amide bonds. The van der Waals surface area contributed by atoms with Gasteiger partial charge < -0.3 is 14.0 Å². The van der Waals surface area contributed by atoms with Crippen LogP contribution in [0.25, 0.3) is 0 Å². The van der Waals surface area contributed by atoms with Gasteiger partial charge in [-0.05, 0) is 54.6 Å². The molecule has 0 fully saturated rings. The lowest BCUT2D eigenvalue weighted by molar-refractivity contribution is 0.0920. The maximum atomic E-state index is 12.4. The standard InChI is InChI=1S/C17H20INO3/c1-12-10-14(13(2)19(12)8-9-21-3)16(20)11-22-17-7-5-4-6-15(17)18/h4-7,10H,8-9,11H2,1-3H3. The number of halogens is 1. The van der Waals surface area contributed by atoms with Crippen molar-refractivity contribution < 1.29 is 14.3 Å². The maximum Gasteiger partial charge on any atom is 0.202 e. The lowest BCUT2D eigenvalue weighted by Crippen LogP contribution is -2.14. The summed E-state index contributed by atoms with van der Waals surface area (Å²) >= 11 is 2.20. The number of para-hydroxylation sites is 1. The molecule has 0 saturated carbocycles. The van der Waals surface area contributed by atoms with E-state index in [1.165, 1.54) is 0 Å². The van der Waals surface area contributed by atoms with Gasteiger partial charge in [-0.25, -0.2) is 0 Å². The van der Waals surface area contributed by atoms with Gasteiger partial charge in [-0.1, -0.05) is 12.1 Å². The van der Waals surface area contributed by atoms with Gasteiger partial charge in [-0.15, -0.1) is 0 Å². The molecule has 2 aromatic rings. The Morgan fingerprint density at radius 3 is 2.68 bits per heavy atom. The number of benzene rings is 1. The second-order valence-electron chi connectivity index (χ2n) is 5.07. The number of hydrogen-bond acceptors (Lipinski definition) is 3. The van der Waals surface area contributed by atoms with Gasteiger partial charge in [-0.2, -0.15) is 0 Å². The van der Waals surface area contributed by atoms with E-state index < -0.39 is 0 Å². The maximum absolute atomic E-state index is 12.4. The average Bonchev–Trinajstić information content (AvgIpc) is 2.79. The van der Waals surface area contributed by atoms with Crippen molar-refractivity contribution in [2.75, 3.05) is 20.3 Å². The molecule has 0 aliphatic rings. The molecule has 0 N–H and O–H groups in total. The van der Waals surface area contributed by atoms with Gasteiger partial charge >= 0.3 is 0 Å². The molecule has 4 nitrogen and oxygen atoms in total. The molecule has 1 aromatic heterocycles. The molecule has 118 valence electrons. The first-order chi connectivity index (χ1) is 10.5. The van der Waals surface area contributed by atoms with Crippen LogP contribution in [0, 0.1) is 17.4 Å². The fourth-order valence-electron chi connectivity index (χ4n) is 2.39. The molecule has 22 heavy (non-hydrogen) atoms. The van der Waals surface area contributed by atoms with Gasteiger partial charge in [0.1, 0.15) is 5.75 Å². The van der Waals surface area contributed by atoms with E-state index in [4.69, 9.17) is 9.47 Å². The van der Waals surface area contributed by atoms with Crippen molar-refractivity contribution >= 4 is 28.4 Å². The van der Waals surface area contributed by atoms with Crippen molar-refractivity contribution in [3.63, 3.8) is 0 Å². The predicted molar refractivity (Wildman–Crippen MR) is 94.8 cm³/mol. The molecular formula is C17H20INO3. The Kier molecular flexibility index (Phi) is 6.02. The van der Waals surface area contributed by atoms with Crippen LogP contribution in [-0.2, 0) is 11.3 Å². The predicted octanol–water partition coefficient (Wildman–Crippen LogP) is 3.62. The van der Waals surface area contributed by atoms with Crippen molar-refractivity contribution in [1.29, 1.82) is 0 Å². The molecule has 0 saturated heterocycles. The number of ether oxygens (including phenoxy) is 2. The second kappa shape index (κ2) is 7.78. The normalized spacial score (nSPS) is 10.7. The molecule has 0 unspecified atom stereocenters. The van der Waals surface area contributed by atoms with E-state index in [0.29, 0.717) is 6.61 Å². The second-order valence-corrected chi connectivity index (χ2v) is 6.23. The number of carbonyl (C=O) groups excluding carboxylic acids is 1. The first-order valence-corrected chi connectivity index (χ1v) is 8.18. The minimum atomic E-state index is -0.00331. The Morgan fingerprint density at radius 1 is 1.27 bits per heavy atom. The summed E-state index contributed by atoms with van der Waals surface area (Å²) in [5.41, 5.74) is 2.75. The van der Waals surface area contributed by atoms with E-state index in [1.54, 1.807) is 7.11 Å². The van der Waals surface area contributed by atoms with E-state index in [-0.39, 0.29) is 12.4 Å². The summed E-state index contributed by atoms with van der Waals surface area (Å²) in [6.07, 6.45) is 0. The van der Waals surface area contributed by atoms with E-state index in [9.17, 15) is 4.79 Å². The van der Waals surface area contributed by atoms with Gasteiger partial charge in [0, 0.05) is 30.6 Å². The van der Waals surface area contributed by atoms with E-state index in [0.717, 1.165) is 32.8 Å². The van der Waals surface area contributed by atoms with Crippen LogP contribution in [-0.4, -0.2) is 30.7 Å². The van der Waals surface area contributed by atoms with Gasteiger partial charge in [0.15, 0.2) is 6.61 Å². The van der Waals surface area contributed by atoms with E-state index in [1.807, 2.05) is 44.2 Å². The fourth-order valence-corrected chi connectivity index (χ4v) is 2.94. The molecule has 0 atom stereocenters. The highest BCUT2D eigenvalue weighted by Gasteiger charge is 2.16. The molecule has 2 rings (SSSR count). The summed E-state index contributed by atoms with van der Waals surface area (Å²) in [4.78, 5) is 12.4. The number of aromatic nitrogens is 1. The zero-order chi connectivity index (χ0) is 16.1. The van der Waals surface area contributed by atoms with Crippen LogP contribution in [0.4, 0.5) is 0 Å². The summed E-state index contributed by atoms with van der Waals surface area (Å²) < 4.78 is 13.9. The minimum Gasteiger partial charge on any atom is -0.484 e. The molecule has 0 aliphatic carbocycles. The number of nitrogens with zero attached hydrogens (tertiary/aromatic N) is 1. The SMILES string of the molecule is COCCn1c(C)cc(C(=O)COc2ccccc2I)c1C. The number of Topliss-reactive ketones (excluding diaryl/α,β-unsaturated/α-hetero) is 1. The molecule has 1 aromatic carbocycles. The lowest BCUT2D eigenvalue weighted by Gasteiger charge is -2.09. The monoisotopic (exact) mass is 413 g/mol. The third-order valence-corrected chi connectivity index (χ3v) is 4.48. The van der Waals surface area contributed by atoms with Crippen LogP contribution in [0.1, 0.15) is 21.7 Å². The number of rotatable bonds is 7. The average molecular weight is 413 g/mol. The smallest absolute Gasteiger partial charge is 0.202 e. The Balaban J connectivity index is 2.08. The highest BCUT2D eigenvalue weighted by atomic mass is 127. The van der Waals surface area contributed by atoms with Crippen LogP contribution < -0.4 is 4.74 Å². The molecule has 5 heteroatoms. The summed E-state index contributed by atoms with van der Waals surface area (Å²) in [6, 6.07) is 9.60. The quantitative estimate of drug-likeness (QED) is 0.515. The van der Waals surface area contributed by atoms with Crippen molar-refractivity contribution in [2.24, 2.45) is 0 Å². The van der Waals surface area contributed by atoms with E-state index >= 15 is 0 Å².